The van der Waals surface area contributed by atoms with Gasteiger partial charge in [0.05, 0.1) is 37.9 Å². The Kier molecular flexibility index (Phi) is 8.88. The molecule has 0 aromatic carbocycles. The molecule has 49 heavy (non-hydrogen) atoms. The third-order valence-electron chi connectivity index (χ3n) is 16.1. The lowest BCUT2D eigenvalue weighted by Gasteiger charge is -2.71. The smallest absolute Gasteiger partial charge is 0.307 e. The Labute approximate surface area is 294 Å². The molecule has 1 saturated heterocycles. The highest BCUT2D eigenvalue weighted by molar-refractivity contribution is 5.90. The van der Waals surface area contributed by atoms with Gasteiger partial charge in [0.15, 0.2) is 0 Å². The first-order valence-electron chi connectivity index (χ1n) is 19.0. The molecule has 5 aliphatic rings. The number of hydrogen-bond donors (Lipinski definition) is 3. The van der Waals surface area contributed by atoms with E-state index in [0.717, 1.165) is 32.1 Å². The van der Waals surface area contributed by atoms with E-state index in [1.54, 1.807) is 6.07 Å². The van der Waals surface area contributed by atoms with Crippen LogP contribution in [0, 0.1) is 62.6 Å². The minimum Gasteiger partial charge on any atom is -0.481 e. The molecular weight excluding hydrogens is 616 g/mol. The van der Waals surface area contributed by atoms with Gasteiger partial charge in [0, 0.05) is 17.2 Å². The molecule has 3 saturated carbocycles. The van der Waals surface area contributed by atoms with E-state index in [1.165, 1.54) is 5.57 Å². The SMILES string of the molecule is CC(C)[C@@H](C)[C@@]1(C)CC[C@]2(C)[C@H]3CC[C@@H]4[C@@]5(C)COC[C@@]4(C3=CC[C@@]2(C)[C@@H]1C(=O)O)[C@@H](OC[C@](C)(N)C(C)C)[C@H](n1ccc(C(N)=O)n1)C5. The first kappa shape index (κ1) is 36.6. The first-order chi connectivity index (χ1) is 22.7. The van der Waals surface area contributed by atoms with Gasteiger partial charge in [0.2, 0.25) is 0 Å². The van der Waals surface area contributed by atoms with Crippen molar-refractivity contribution in [2.75, 3.05) is 19.8 Å². The van der Waals surface area contributed by atoms with Gasteiger partial charge in [0.1, 0.15) is 5.69 Å². The molecule has 0 radical (unpaired) electrons. The zero-order chi connectivity index (χ0) is 36.1. The van der Waals surface area contributed by atoms with E-state index in [4.69, 9.17) is 26.0 Å². The van der Waals surface area contributed by atoms with Gasteiger partial charge in [-0.15, -0.1) is 0 Å². The van der Waals surface area contributed by atoms with Crippen molar-refractivity contribution in [2.45, 2.75) is 125 Å². The molecule has 274 valence electrons. The van der Waals surface area contributed by atoms with Crippen LogP contribution in [0.3, 0.4) is 0 Å². The lowest BCUT2D eigenvalue weighted by Crippen LogP contribution is -2.70. The highest BCUT2D eigenvalue weighted by atomic mass is 16.5. The summed E-state index contributed by atoms with van der Waals surface area (Å²) in [6, 6.07) is 1.55. The van der Waals surface area contributed by atoms with E-state index in [-0.39, 0.29) is 51.8 Å². The number of nitrogens with two attached hydrogens (primary N) is 2. The average Bonchev–Trinajstić information content (AvgIpc) is 3.51. The van der Waals surface area contributed by atoms with Gasteiger partial charge in [-0.2, -0.15) is 5.10 Å². The number of ether oxygens (including phenoxy) is 2. The number of amides is 1. The van der Waals surface area contributed by atoms with Crippen molar-refractivity contribution >= 4 is 11.9 Å². The number of carboxylic acids is 1. The van der Waals surface area contributed by atoms with Crippen molar-refractivity contribution in [1.82, 2.24) is 9.78 Å². The van der Waals surface area contributed by atoms with E-state index < -0.39 is 34.2 Å². The Morgan fingerprint density at radius 3 is 2.39 bits per heavy atom. The molecule has 1 amide bonds. The van der Waals surface area contributed by atoms with Crippen molar-refractivity contribution in [2.24, 2.45) is 74.0 Å². The molecule has 4 aliphatic carbocycles. The van der Waals surface area contributed by atoms with Gasteiger partial charge in [-0.05, 0) is 103 Å². The summed E-state index contributed by atoms with van der Waals surface area (Å²) in [4.78, 5) is 25.7. The van der Waals surface area contributed by atoms with Gasteiger partial charge in [-0.3, -0.25) is 14.3 Å². The summed E-state index contributed by atoms with van der Waals surface area (Å²) in [5.41, 5.74) is 12.2. The molecule has 1 aromatic heterocycles. The van der Waals surface area contributed by atoms with Crippen molar-refractivity contribution in [3.05, 3.63) is 29.6 Å². The Morgan fingerprint density at radius 1 is 1.10 bits per heavy atom. The summed E-state index contributed by atoms with van der Waals surface area (Å²) in [5, 5.41) is 15.8. The number of carboxylic acid groups (broad SMARTS) is 1. The number of aliphatic carboxylic acids is 1. The minimum absolute atomic E-state index is 0.138. The predicted octanol–water partition coefficient (Wildman–Crippen LogP) is 6.87. The van der Waals surface area contributed by atoms with Gasteiger partial charge >= 0.3 is 5.97 Å². The van der Waals surface area contributed by atoms with Gasteiger partial charge in [-0.25, -0.2) is 0 Å². The molecule has 2 heterocycles. The molecule has 9 nitrogen and oxygen atoms in total. The zero-order valence-electron chi connectivity index (χ0n) is 31.8. The number of carbonyl (C=O) groups is 2. The summed E-state index contributed by atoms with van der Waals surface area (Å²) in [7, 11) is 0. The quantitative estimate of drug-likeness (QED) is 0.242. The summed E-state index contributed by atoms with van der Waals surface area (Å²) >= 11 is 0. The van der Waals surface area contributed by atoms with Crippen LogP contribution in [0.1, 0.15) is 124 Å². The maximum atomic E-state index is 13.5. The molecule has 5 N–H and O–H groups in total. The molecule has 0 unspecified atom stereocenters. The number of hydrogen-bond acceptors (Lipinski definition) is 6. The first-order valence-corrected chi connectivity index (χ1v) is 19.0. The van der Waals surface area contributed by atoms with Gasteiger partial charge in [0.25, 0.3) is 5.91 Å². The fourth-order valence-corrected chi connectivity index (χ4v) is 12.2. The van der Waals surface area contributed by atoms with E-state index in [1.807, 2.05) is 10.9 Å². The molecule has 6 rings (SSSR count). The molecular formula is C40H64N4O5. The van der Waals surface area contributed by atoms with Crippen LogP contribution in [0.4, 0.5) is 0 Å². The number of allylic oxidation sites excluding steroid dienone is 1. The average molecular weight is 681 g/mol. The molecule has 1 aromatic rings. The number of aromatic nitrogens is 2. The maximum absolute atomic E-state index is 13.5. The van der Waals surface area contributed by atoms with E-state index in [9.17, 15) is 14.7 Å². The maximum Gasteiger partial charge on any atom is 0.307 e. The van der Waals surface area contributed by atoms with E-state index in [0.29, 0.717) is 38.1 Å². The third-order valence-corrected chi connectivity index (χ3v) is 16.1. The minimum atomic E-state index is -0.653. The molecule has 4 fully saturated rings. The molecule has 0 spiro atoms. The summed E-state index contributed by atoms with van der Waals surface area (Å²) in [5.74, 6) is -0.248. The molecule has 12 atom stereocenters. The van der Waals surface area contributed by atoms with Crippen LogP contribution >= 0.6 is 0 Å². The van der Waals surface area contributed by atoms with Crippen molar-refractivity contribution in [1.29, 1.82) is 0 Å². The Bertz CT molecular complexity index is 1500. The van der Waals surface area contributed by atoms with Crippen molar-refractivity contribution in [3.8, 4) is 0 Å². The number of nitrogens with zero attached hydrogens (tertiary/aromatic N) is 2. The van der Waals surface area contributed by atoms with Crippen molar-refractivity contribution < 1.29 is 24.2 Å². The van der Waals surface area contributed by atoms with Crippen LogP contribution in [0.15, 0.2) is 23.9 Å². The Balaban J connectivity index is 1.52. The van der Waals surface area contributed by atoms with Crippen LogP contribution in [-0.2, 0) is 14.3 Å². The summed E-state index contributed by atoms with van der Waals surface area (Å²) < 4.78 is 15.8. The Morgan fingerprint density at radius 2 is 1.80 bits per heavy atom. The number of carbonyl (C=O) groups excluding carboxylic acids is 1. The highest BCUT2D eigenvalue weighted by Gasteiger charge is 2.72. The topological polar surface area (TPSA) is 143 Å². The van der Waals surface area contributed by atoms with Gasteiger partial charge < -0.3 is 26.0 Å². The predicted molar refractivity (Wildman–Crippen MR) is 191 cm³/mol. The fourth-order valence-electron chi connectivity index (χ4n) is 12.2. The van der Waals surface area contributed by atoms with E-state index >= 15 is 0 Å². The number of primary amides is 1. The van der Waals surface area contributed by atoms with Crippen LogP contribution in [-0.4, -0.2) is 58.2 Å². The highest BCUT2D eigenvalue weighted by Crippen LogP contribution is 2.75. The lowest BCUT2D eigenvalue weighted by atomic mass is 9.34. The summed E-state index contributed by atoms with van der Waals surface area (Å²) in [6.45, 7) is 24.0. The molecule has 2 bridgehead atoms. The van der Waals surface area contributed by atoms with Crippen LogP contribution in [0.2, 0.25) is 0 Å². The normalized spacial score (nSPS) is 43.5. The van der Waals surface area contributed by atoms with Gasteiger partial charge in [-0.1, -0.05) is 74.0 Å². The standard InChI is InChI=1S/C40H64N4O5/c1-23(2)25(5)36(7)16-17-37(8)26-11-12-30-35(6)19-29(44-18-14-28(43-44)33(41)45)32(49-21-39(10,42)24(3)4)40(30,22-48-20-35)27(26)13-15-38(37,9)31(36)34(46)47/h13-14,18,23-26,29-32H,11-12,15-17,19-22,42H2,1-10H3,(H2,41,45)(H,46,47)/t25-,26+,29-,30-,31-,32+,35-,36-,37-,38+,39+,40+/m1/s1. The molecule has 9 heteroatoms. The van der Waals surface area contributed by atoms with Crippen molar-refractivity contribution in [3.63, 3.8) is 0 Å². The third kappa shape index (κ3) is 5.13. The number of fused-ring (bicyclic) bond motifs is 3. The monoisotopic (exact) mass is 680 g/mol. The second-order valence-electron chi connectivity index (χ2n) is 19.1. The fraction of sp³-hybridized carbons (Fsp3) is 0.825. The van der Waals surface area contributed by atoms with Crippen LogP contribution in [0.5, 0.6) is 0 Å². The van der Waals surface area contributed by atoms with E-state index in [2.05, 4.69) is 75.3 Å². The zero-order valence-corrected chi connectivity index (χ0v) is 31.8. The second kappa shape index (κ2) is 11.9. The van der Waals surface area contributed by atoms with Crippen LogP contribution < -0.4 is 11.5 Å². The second-order valence-corrected chi connectivity index (χ2v) is 19.1. The summed E-state index contributed by atoms with van der Waals surface area (Å²) in [6.07, 6.45) is 9.50. The molecule has 1 aliphatic heterocycles. The van der Waals surface area contributed by atoms with Crippen LogP contribution in [0.25, 0.3) is 0 Å². The lowest BCUT2D eigenvalue weighted by molar-refractivity contribution is -0.254. The largest absolute Gasteiger partial charge is 0.481 e. The number of rotatable bonds is 9. The Hall–Kier alpha value is -2.23.